The Bertz CT molecular complexity index is 343. The number of hydrogen-bond donors (Lipinski definition) is 1. The highest BCUT2D eigenvalue weighted by molar-refractivity contribution is 5.76. The van der Waals surface area contributed by atoms with Crippen LogP contribution in [0.1, 0.15) is 58.3 Å². The van der Waals surface area contributed by atoms with Crippen LogP contribution in [0.5, 0.6) is 0 Å². The summed E-state index contributed by atoms with van der Waals surface area (Å²) in [5.41, 5.74) is 0. The summed E-state index contributed by atoms with van der Waals surface area (Å²) in [6.07, 6.45) is 11.7. The minimum absolute atomic E-state index is 0.337. The topological polar surface area (TPSA) is 32.3 Å². The number of carbonyl (C=O) groups is 1. The van der Waals surface area contributed by atoms with Gasteiger partial charge in [0.1, 0.15) is 0 Å². The Morgan fingerprint density at radius 3 is 2.68 bits per heavy atom. The van der Waals surface area contributed by atoms with Gasteiger partial charge in [-0.2, -0.15) is 0 Å². The van der Waals surface area contributed by atoms with E-state index in [0.717, 1.165) is 19.6 Å². The summed E-state index contributed by atoms with van der Waals surface area (Å²) < 4.78 is 0. The SMILES string of the molecule is C=CCN(CC1CCCCC1)C(=O)CC(C)C1CCCNC1. The Morgan fingerprint density at radius 2 is 2.05 bits per heavy atom. The van der Waals surface area contributed by atoms with Crippen LogP contribution >= 0.6 is 0 Å². The van der Waals surface area contributed by atoms with Crippen LogP contribution in [-0.4, -0.2) is 37.0 Å². The van der Waals surface area contributed by atoms with Crippen molar-refractivity contribution < 1.29 is 4.79 Å². The molecule has 0 aromatic rings. The van der Waals surface area contributed by atoms with Gasteiger partial charge in [-0.05, 0) is 56.5 Å². The molecule has 0 radical (unpaired) electrons. The number of hydrogen-bond acceptors (Lipinski definition) is 2. The maximum atomic E-state index is 12.7. The maximum absolute atomic E-state index is 12.7. The van der Waals surface area contributed by atoms with Gasteiger partial charge in [0.15, 0.2) is 0 Å². The normalized spacial score (nSPS) is 24.7. The van der Waals surface area contributed by atoms with Crippen LogP contribution in [0.25, 0.3) is 0 Å². The average Bonchev–Trinajstić information content (AvgIpc) is 2.56. The van der Waals surface area contributed by atoms with Gasteiger partial charge in [0.25, 0.3) is 0 Å². The lowest BCUT2D eigenvalue weighted by atomic mass is 9.85. The predicted octanol–water partition coefficient (Wildman–Crippen LogP) is 3.61. The van der Waals surface area contributed by atoms with Gasteiger partial charge in [-0.15, -0.1) is 6.58 Å². The predicted molar refractivity (Wildman–Crippen MR) is 92.7 cm³/mol. The monoisotopic (exact) mass is 306 g/mol. The molecule has 22 heavy (non-hydrogen) atoms. The molecular formula is C19H34N2O. The molecule has 0 bridgehead atoms. The largest absolute Gasteiger partial charge is 0.339 e. The van der Waals surface area contributed by atoms with Gasteiger partial charge >= 0.3 is 0 Å². The highest BCUT2D eigenvalue weighted by atomic mass is 16.2. The first kappa shape index (κ1) is 17.5. The molecule has 1 aliphatic heterocycles. The summed E-state index contributed by atoms with van der Waals surface area (Å²) in [7, 11) is 0. The molecule has 126 valence electrons. The molecule has 3 nitrogen and oxygen atoms in total. The molecule has 1 N–H and O–H groups in total. The van der Waals surface area contributed by atoms with Crippen molar-refractivity contribution in [1.29, 1.82) is 0 Å². The van der Waals surface area contributed by atoms with Gasteiger partial charge in [-0.25, -0.2) is 0 Å². The van der Waals surface area contributed by atoms with Crippen molar-refractivity contribution in [1.82, 2.24) is 10.2 Å². The summed E-state index contributed by atoms with van der Waals surface area (Å²) in [6.45, 7) is 9.97. The molecule has 1 amide bonds. The first-order chi connectivity index (χ1) is 10.7. The van der Waals surface area contributed by atoms with Crippen molar-refractivity contribution in [3.8, 4) is 0 Å². The fraction of sp³-hybridized carbons (Fsp3) is 0.842. The molecule has 2 aliphatic rings. The van der Waals surface area contributed by atoms with Crippen LogP contribution in [0, 0.1) is 17.8 Å². The van der Waals surface area contributed by atoms with E-state index in [0.29, 0.717) is 36.6 Å². The summed E-state index contributed by atoms with van der Waals surface area (Å²) in [6, 6.07) is 0. The number of amides is 1. The van der Waals surface area contributed by atoms with Gasteiger partial charge < -0.3 is 10.2 Å². The number of piperidine rings is 1. The molecular weight excluding hydrogens is 272 g/mol. The van der Waals surface area contributed by atoms with Gasteiger partial charge in [-0.3, -0.25) is 4.79 Å². The molecule has 1 saturated carbocycles. The summed E-state index contributed by atoms with van der Waals surface area (Å²) in [5.74, 6) is 2.20. The second-order valence-electron chi connectivity index (χ2n) is 7.38. The molecule has 0 aromatic carbocycles. The summed E-state index contributed by atoms with van der Waals surface area (Å²) in [4.78, 5) is 14.8. The van der Waals surface area contributed by atoms with E-state index in [1.165, 1.54) is 44.9 Å². The molecule has 2 atom stereocenters. The number of rotatable bonds is 7. The van der Waals surface area contributed by atoms with Crippen LogP contribution in [0.4, 0.5) is 0 Å². The molecule has 1 heterocycles. The van der Waals surface area contributed by atoms with E-state index in [-0.39, 0.29) is 0 Å². The van der Waals surface area contributed by atoms with Crippen molar-refractivity contribution in [3.63, 3.8) is 0 Å². The highest BCUT2D eigenvalue weighted by Gasteiger charge is 2.25. The zero-order chi connectivity index (χ0) is 15.8. The summed E-state index contributed by atoms with van der Waals surface area (Å²) >= 11 is 0. The number of nitrogens with zero attached hydrogens (tertiary/aromatic N) is 1. The zero-order valence-electron chi connectivity index (χ0n) is 14.4. The van der Waals surface area contributed by atoms with E-state index in [9.17, 15) is 4.79 Å². The lowest BCUT2D eigenvalue weighted by molar-refractivity contribution is -0.132. The fourth-order valence-corrected chi connectivity index (χ4v) is 4.05. The third kappa shape index (κ3) is 5.42. The van der Waals surface area contributed by atoms with E-state index < -0.39 is 0 Å². The first-order valence-corrected chi connectivity index (χ1v) is 9.30. The van der Waals surface area contributed by atoms with Gasteiger partial charge in [0.2, 0.25) is 5.91 Å². The Balaban J connectivity index is 1.83. The zero-order valence-corrected chi connectivity index (χ0v) is 14.4. The Labute approximate surface area is 136 Å². The summed E-state index contributed by atoms with van der Waals surface area (Å²) in [5, 5.41) is 3.47. The van der Waals surface area contributed by atoms with Crippen molar-refractivity contribution in [2.24, 2.45) is 17.8 Å². The van der Waals surface area contributed by atoms with E-state index in [4.69, 9.17) is 0 Å². The van der Waals surface area contributed by atoms with Crippen molar-refractivity contribution in [2.75, 3.05) is 26.2 Å². The fourth-order valence-electron chi connectivity index (χ4n) is 4.05. The Kier molecular flexibility index (Phi) is 7.44. The van der Waals surface area contributed by atoms with Crippen LogP contribution in [0.15, 0.2) is 12.7 Å². The van der Waals surface area contributed by atoms with E-state index in [1.807, 2.05) is 6.08 Å². The lowest BCUT2D eigenvalue weighted by Gasteiger charge is -2.32. The second kappa shape index (κ2) is 9.34. The van der Waals surface area contributed by atoms with E-state index >= 15 is 0 Å². The molecule has 2 unspecified atom stereocenters. The van der Waals surface area contributed by atoms with Crippen LogP contribution < -0.4 is 5.32 Å². The van der Waals surface area contributed by atoms with Crippen molar-refractivity contribution in [2.45, 2.75) is 58.3 Å². The average molecular weight is 306 g/mol. The van der Waals surface area contributed by atoms with Crippen molar-refractivity contribution in [3.05, 3.63) is 12.7 Å². The Morgan fingerprint density at radius 1 is 1.27 bits per heavy atom. The molecule has 3 heteroatoms. The smallest absolute Gasteiger partial charge is 0.223 e. The molecule has 1 aliphatic carbocycles. The van der Waals surface area contributed by atoms with Gasteiger partial charge in [0.05, 0.1) is 0 Å². The third-order valence-electron chi connectivity index (χ3n) is 5.54. The molecule has 0 aromatic heterocycles. The quantitative estimate of drug-likeness (QED) is 0.729. The molecule has 0 spiro atoms. The standard InChI is InChI=1S/C19H34N2O/c1-3-12-21(15-17-8-5-4-6-9-17)19(22)13-16(2)18-10-7-11-20-14-18/h3,16-18,20H,1,4-15H2,2H3. The third-order valence-corrected chi connectivity index (χ3v) is 5.54. The lowest BCUT2D eigenvalue weighted by Crippen LogP contribution is -2.39. The van der Waals surface area contributed by atoms with Gasteiger partial charge in [-0.1, -0.05) is 32.3 Å². The minimum Gasteiger partial charge on any atom is -0.339 e. The van der Waals surface area contributed by atoms with Crippen LogP contribution in [0.2, 0.25) is 0 Å². The minimum atomic E-state index is 0.337. The number of carbonyl (C=O) groups excluding carboxylic acids is 1. The highest BCUT2D eigenvalue weighted by Crippen LogP contribution is 2.26. The number of nitrogens with one attached hydrogen (secondary N) is 1. The van der Waals surface area contributed by atoms with E-state index in [2.05, 4.69) is 23.7 Å². The second-order valence-corrected chi connectivity index (χ2v) is 7.38. The molecule has 2 rings (SSSR count). The van der Waals surface area contributed by atoms with Crippen LogP contribution in [-0.2, 0) is 4.79 Å². The molecule has 2 fully saturated rings. The first-order valence-electron chi connectivity index (χ1n) is 9.30. The van der Waals surface area contributed by atoms with Gasteiger partial charge in [0, 0.05) is 19.5 Å². The Hall–Kier alpha value is -0.830. The van der Waals surface area contributed by atoms with Crippen LogP contribution in [0.3, 0.4) is 0 Å². The molecule has 1 saturated heterocycles. The van der Waals surface area contributed by atoms with E-state index in [1.54, 1.807) is 0 Å². The maximum Gasteiger partial charge on any atom is 0.223 e. The van der Waals surface area contributed by atoms with Crippen molar-refractivity contribution >= 4 is 5.91 Å².